The quantitative estimate of drug-likeness (QED) is 0.119. The summed E-state index contributed by atoms with van der Waals surface area (Å²) >= 11 is 4.98. The van der Waals surface area contributed by atoms with Gasteiger partial charge in [-0.25, -0.2) is 9.97 Å². The van der Waals surface area contributed by atoms with Crippen LogP contribution in [-0.2, 0) is 5.75 Å². The van der Waals surface area contributed by atoms with Crippen LogP contribution in [-0.4, -0.2) is 21.1 Å². The minimum Gasteiger partial charge on any atom is -0.258 e. The molecule has 2 aromatic heterocycles. The van der Waals surface area contributed by atoms with Crippen molar-refractivity contribution in [2.75, 3.05) is 6.26 Å². The first-order chi connectivity index (χ1) is 15.4. The van der Waals surface area contributed by atoms with Crippen LogP contribution in [0, 0.1) is 24.0 Å². The fourth-order valence-corrected chi connectivity index (χ4v) is 5.95. The molecule has 0 unspecified atom stereocenters. The molecule has 4 aromatic rings. The Morgan fingerprint density at radius 3 is 2.34 bits per heavy atom. The lowest BCUT2D eigenvalue weighted by Crippen LogP contribution is -1.93. The number of thiophene rings is 1. The van der Waals surface area contributed by atoms with Crippen molar-refractivity contribution in [2.45, 2.75) is 29.7 Å². The maximum Gasteiger partial charge on any atom is 0.270 e. The van der Waals surface area contributed by atoms with E-state index in [9.17, 15) is 10.1 Å². The fraction of sp³-hybridized carbons (Fsp3) is 0.167. The van der Waals surface area contributed by atoms with Crippen molar-refractivity contribution < 1.29 is 4.92 Å². The van der Waals surface area contributed by atoms with Gasteiger partial charge in [0.15, 0.2) is 5.16 Å². The Bertz CT molecular complexity index is 1250. The van der Waals surface area contributed by atoms with E-state index >= 15 is 0 Å². The lowest BCUT2D eigenvalue weighted by atomic mass is 10.1. The zero-order valence-electron chi connectivity index (χ0n) is 17.9. The molecule has 0 saturated heterocycles. The Balaban J connectivity index is 1.72. The van der Waals surface area contributed by atoms with Gasteiger partial charge in [-0.3, -0.25) is 10.1 Å². The summed E-state index contributed by atoms with van der Waals surface area (Å²) in [5.41, 5.74) is 5.17. The lowest BCUT2D eigenvalue weighted by molar-refractivity contribution is -0.384. The summed E-state index contributed by atoms with van der Waals surface area (Å²) in [6.45, 7) is 3.95. The molecule has 0 aliphatic carbocycles. The second kappa shape index (κ2) is 9.85. The van der Waals surface area contributed by atoms with Crippen molar-refractivity contribution in [2.24, 2.45) is 0 Å². The zero-order chi connectivity index (χ0) is 22.7. The van der Waals surface area contributed by atoms with Crippen LogP contribution in [0.1, 0.15) is 17.0 Å². The predicted molar refractivity (Wildman–Crippen MR) is 135 cm³/mol. The number of thioether (sulfide) groups is 2. The second-order valence-corrected chi connectivity index (χ2v) is 10.1. The van der Waals surface area contributed by atoms with Crippen LogP contribution in [0.5, 0.6) is 0 Å². The Labute approximate surface area is 199 Å². The number of hydrogen-bond donors (Lipinski definition) is 0. The topological polar surface area (TPSA) is 68.9 Å². The van der Waals surface area contributed by atoms with Gasteiger partial charge < -0.3 is 0 Å². The van der Waals surface area contributed by atoms with Gasteiger partial charge in [0, 0.05) is 43.9 Å². The highest BCUT2D eigenvalue weighted by atomic mass is 32.2. The predicted octanol–water partition coefficient (Wildman–Crippen LogP) is 7.41. The number of nitrogens with zero attached hydrogens (tertiary/aromatic N) is 3. The molecule has 0 radical (unpaired) electrons. The highest BCUT2D eigenvalue weighted by molar-refractivity contribution is 7.98. The van der Waals surface area contributed by atoms with Crippen LogP contribution in [0.3, 0.4) is 0 Å². The van der Waals surface area contributed by atoms with Gasteiger partial charge in [0.1, 0.15) is 0 Å². The molecule has 0 saturated carbocycles. The molecule has 0 aliphatic heterocycles. The van der Waals surface area contributed by atoms with Crippen molar-refractivity contribution >= 4 is 40.5 Å². The van der Waals surface area contributed by atoms with Gasteiger partial charge in [-0.2, -0.15) is 0 Å². The Hall–Kier alpha value is -2.68. The molecule has 2 aromatic carbocycles. The normalized spacial score (nSPS) is 11.0. The molecule has 5 nitrogen and oxygen atoms in total. The number of nitro groups is 1. The van der Waals surface area contributed by atoms with Crippen LogP contribution < -0.4 is 0 Å². The molecule has 32 heavy (non-hydrogen) atoms. The molecular weight excluding hydrogens is 458 g/mol. The highest BCUT2D eigenvalue weighted by Crippen LogP contribution is 2.41. The van der Waals surface area contributed by atoms with Crippen LogP contribution in [0.15, 0.2) is 70.7 Å². The van der Waals surface area contributed by atoms with E-state index < -0.39 is 0 Å². The van der Waals surface area contributed by atoms with Crippen LogP contribution in [0.2, 0.25) is 0 Å². The van der Waals surface area contributed by atoms with E-state index in [1.807, 2.05) is 26.0 Å². The summed E-state index contributed by atoms with van der Waals surface area (Å²) in [5, 5.41) is 12.0. The number of non-ortho nitro benzene ring substituents is 1. The van der Waals surface area contributed by atoms with E-state index in [0.717, 1.165) is 37.4 Å². The molecule has 0 aliphatic rings. The second-order valence-electron chi connectivity index (χ2n) is 7.22. The number of nitro benzene ring substituents is 1. The fourth-order valence-electron chi connectivity index (χ4n) is 3.34. The third-order valence-electron chi connectivity index (χ3n) is 4.82. The first-order valence-corrected chi connectivity index (χ1v) is 12.9. The Morgan fingerprint density at radius 1 is 0.969 bits per heavy atom. The molecular formula is C24H21N3O2S3. The smallest absolute Gasteiger partial charge is 0.258 e. The molecule has 0 amide bonds. The lowest BCUT2D eigenvalue weighted by Gasteiger charge is -2.06. The van der Waals surface area contributed by atoms with Crippen LogP contribution >= 0.6 is 34.9 Å². The first-order valence-electron chi connectivity index (χ1n) is 9.90. The maximum absolute atomic E-state index is 11.2. The minimum absolute atomic E-state index is 0.0985. The average Bonchev–Trinajstić information content (AvgIpc) is 3.21. The van der Waals surface area contributed by atoms with Crippen LogP contribution in [0.4, 0.5) is 5.69 Å². The van der Waals surface area contributed by atoms with Gasteiger partial charge in [-0.1, -0.05) is 36.0 Å². The van der Waals surface area contributed by atoms with Crippen molar-refractivity contribution in [1.82, 2.24) is 9.97 Å². The summed E-state index contributed by atoms with van der Waals surface area (Å²) in [6.07, 6.45) is 2.06. The molecule has 0 spiro atoms. The molecule has 4 rings (SSSR count). The van der Waals surface area contributed by atoms with E-state index in [1.165, 1.54) is 16.5 Å². The van der Waals surface area contributed by atoms with Crippen molar-refractivity contribution in [3.05, 3.63) is 87.7 Å². The summed E-state index contributed by atoms with van der Waals surface area (Å²) in [7, 11) is 0. The molecule has 0 bridgehead atoms. The monoisotopic (exact) mass is 479 g/mol. The summed E-state index contributed by atoms with van der Waals surface area (Å²) in [5.74, 6) is 0.716. The van der Waals surface area contributed by atoms with Gasteiger partial charge in [-0.05, 0) is 61.1 Å². The summed E-state index contributed by atoms with van der Waals surface area (Å²) in [6, 6.07) is 19.4. The van der Waals surface area contributed by atoms with Crippen molar-refractivity contribution in [3.8, 4) is 20.9 Å². The maximum atomic E-state index is 11.2. The largest absolute Gasteiger partial charge is 0.270 e. The van der Waals surface area contributed by atoms with Gasteiger partial charge in [0.2, 0.25) is 0 Å². The molecule has 8 heteroatoms. The number of aromatic nitrogens is 2. The minimum atomic E-state index is -0.354. The van der Waals surface area contributed by atoms with Crippen molar-refractivity contribution in [1.29, 1.82) is 0 Å². The molecule has 0 atom stereocenters. The zero-order valence-corrected chi connectivity index (χ0v) is 20.3. The number of rotatable bonds is 7. The number of hydrogen-bond acceptors (Lipinski definition) is 7. The van der Waals surface area contributed by atoms with Gasteiger partial charge in [0.25, 0.3) is 5.69 Å². The van der Waals surface area contributed by atoms with Gasteiger partial charge >= 0.3 is 0 Å². The van der Waals surface area contributed by atoms with Crippen molar-refractivity contribution in [3.63, 3.8) is 0 Å². The third-order valence-corrected chi connectivity index (χ3v) is 7.74. The third kappa shape index (κ3) is 5.20. The Morgan fingerprint density at radius 2 is 1.69 bits per heavy atom. The van der Waals surface area contributed by atoms with E-state index in [2.05, 4.69) is 46.6 Å². The molecule has 162 valence electrons. The standard InChI is InChI=1S/C24H21N3O2S3/c1-15-11-16(2)26-24(25-15)31-14-19-13-22(18-5-4-6-20(12-18)27(28)29)32-23(19)17-7-9-21(30-3)10-8-17/h4-13H,14H2,1-3H3. The molecule has 2 heterocycles. The molecule has 0 N–H and O–H groups in total. The first kappa shape index (κ1) is 22.5. The van der Waals surface area contributed by atoms with E-state index in [4.69, 9.17) is 0 Å². The van der Waals surface area contributed by atoms with Crippen LogP contribution in [0.25, 0.3) is 20.9 Å². The average molecular weight is 480 g/mol. The number of benzene rings is 2. The van der Waals surface area contributed by atoms with Gasteiger partial charge in [0.05, 0.1) is 4.92 Å². The number of aryl methyl sites for hydroxylation is 2. The summed E-state index contributed by atoms with van der Waals surface area (Å²) < 4.78 is 0. The van der Waals surface area contributed by atoms with E-state index in [1.54, 1.807) is 47.0 Å². The molecule has 0 fully saturated rings. The van der Waals surface area contributed by atoms with E-state index in [-0.39, 0.29) is 10.6 Å². The summed E-state index contributed by atoms with van der Waals surface area (Å²) in [4.78, 5) is 23.4. The van der Waals surface area contributed by atoms with Gasteiger partial charge in [-0.15, -0.1) is 23.1 Å². The SMILES string of the molecule is CSc1ccc(-c2sc(-c3cccc([N+](=O)[O-])c3)cc2CSc2nc(C)cc(C)n2)cc1. The highest BCUT2D eigenvalue weighted by Gasteiger charge is 2.16. The Kier molecular flexibility index (Phi) is 6.93. The van der Waals surface area contributed by atoms with E-state index in [0.29, 0.717) is 5.75 Å².